The fourth-order valence-corrected chi connectivity index (χ4v) is 1.79. The zero-order chi connectivity index (χ0) is 13.6. The first-order valence-corrected chi connectivity index (χ1v) is 6.27. The van der Waals surface area contributed by atoms with E-state index in [0.717, 1.165) is 17.9 Å². The Hall–Kier alpha value is -1.42. The van der Waals surface area contributed by atoms with Crippen LogP contribution >= 0.6 is 0 Å². The topological polar surface area (TPSA) is 56.5 Å². The molecule has 3 N–H and O–H groups in total. The number of benzene rings is 1. The van der Waals surface area contributed by atoms with Crippen molar-refractivity contribution in [3.63, 3.8) is 0 Å². The molecule has 4 nitrogen and oxygen atoms in total. The summed E-state index contributed by atoms with van der Waals surface area (Å²) in [5, 5.41) is 3.39. The molecule has 1 aromatic carbocycles. The maximum atomic E-state index is 5.87. The lowest BCUT2D eigenvalue weighted by molar-refractivity contribution is 0.158. The number of nitrogens with one attached hydrogen (secondary N) is 1. The van der Waals surface area contributed by atoms with Crippen molar-refractivity contribution in [2.45, 2.75) is 32.7 Å². The SMILES string of the molecule is CCCOc1cc(N)cc(NC(C)(C)COC)c1. The second-order valence-electron chi connectivity index (χ2n) is 5.08. The number of nitrogen functional groups attached to an aromatic ring is 1. The van der Waals surface area contributed by atoms with Gasteiger partial charge in [0.1, 0.15) is 5.75 Å². The van der Waals surface area contributed by atoms with Gasteiger partial charge < -0.3 is 20.5 Å². The number of hydrogen-bond donors (Lipinski definition) is 2. The Bertz CT molecular complexity index is 378. The van der Waals surface area contributed by atoms with Crippen LogP contribution in [0, 0.1) is 0 Å². The highest BCUT2D eigenvalue weighted by Crippen LogP contribution is 2.25. The highest BCUT2D eigenvalue weighted by atomic mass is 16.5. The second kappa shape index (κ2) is 6.50. The van der Waals surface area contributed by atoms with Gasteiger partial charge in [-0.05, 0) is 26.3 Å². The van der Waals surface area contributed by atoms with Crippen LogP contribution in [-0.2, 0) is 4.74 Å². The van der Waals surface area contributed by atoms with E-state index < -0.39 is 0 Å². The van der Waals surface area contributed by atoms with Crippen LogP contribution in [0.4, 0.5) is 11.4 Å². The van der Waals surface area contributed by atoms with Crippen molar-refractivity contribution in [3.05, 3.63) is 18.2 Å². The minimum atomic E-state index is -0.148. The molecule has 0 aromatic heterocycles. The normalized spacial score (nSPS) is 11.3. The van der Waals surface area contributed by atoms with Gasteiger partial charge in [-0.25, -0.2) is 0 Å². The minimum absolute atomic E-state index is 0.148. The summed E-state index contributed by atoms with van der Waals surface area (Å²) >= 11 is 0. The first kappa shape index (κ1) is 14.6. The van der Waals surface area contributed by atoms with E-state index in [9.17, 15) is 0 Å². The molecule has 0 fully saturated rings. The first-order chi connectivity index (χ1) is 8.46. The molecule has 0 aliphatic heterocycles. The molecule has 0 bridgehead atoms. The van der Waals surface area contributed by atoms with Crippen LogP contribution in [0.1, 0.15) is 27.2 Å². The Labute approximate surface area is 109 Å². The summed E-state index contributed by atoms with van der Waals surface area (Å²) in [6.45, 7) is 7.54. The lowest BCUT2D eigenvalue weighted by Gasteiger charge is -2.27. The van der Waals surface area contributed by atoms with Gasteiger partial charge in [-0.15, -0.1) is 0 Å². The fraction of sp³-hybridized carbons (Fsp3) is 0.571. The monoisotopic (exact) mass is 252 g/mol. The summed E-state index contributed by atoms with van der Waals surface area (Å²) in [7, 11) is 1.69. The van der Waals surface area contributed by atoms with Crippen molar-refractivity contribution >= 4 is 11.4 Å². The molecule has 0 radical (unpaired) electrons. The maximum Gasteiger partial charge on any atom is 0.123 e. The quantitative estimate of drug-likeness (QED) is 0.733. The lowest BCUT2D eigenvalue weighted by atomic mass is 10.1. The van der Waals surface area contributed by atoms with Gasteiger partial charge in [0.25, 0.3) is 0 Å². The van der Waals surface area contributed by atoms with Crippen LogP contribution in [0.3, 0.4) is 0 Å². The Morgan fingerprint density at radius 3 is 2.61 bits per heavy atom. The van der Waals surface area contributed by atoms with E-state index in [-0.39, 0.29) is 5.54 Å². The third-order valence-corrected chi connectivity index (χ3v) is 2.39. The maximum absolute atomic E-state index is 5.87. The predicted octanol–water partition coefficient (Wildman–Crippen LogP) is 2.89. The number of hydrogen-bond acceptors (Lipinski definition) is 4. The molecule has 1 rings (SSSR count). The summed E-state index contributed by atoms with van der Waals surface area (Å²) in [4.78, 5) is 0. The first-order valence-electron chi connectivity index (χ1n) is 6.27. The van der Waals surface area contributed by atoms with Gasteiger partial charge in [0, 0.05) is 30.6 Å². The summed E-state index contributed by atoms with van der Waals surface area (Å²) in [6.07, 6.45) is 0.979. The fourth-order valence-electron chi connectivity index (χ4n) is 1.79. The summed E-state index contributed by atoms with van der Waals surface area (Å²) in [5.41, 5.74) is 7.37. The van der Waals surface area contributed by atoms with Crippen molar-refractivity contribution in [2.75, 3.05) is 31.4 Å². The minimum Gasteiger partial charge on any atom is -0.493 e. The Morgan fingerprint density at radius 1 is 1.28 bits per heavy atom. The van der Waals surface area contributed by atoms with Gasteiger partial charge >= 0.3 is 0 Å². The van der Waals surface area contributed by atoms with Crippen molar-refractivity contribution < 1.29 is 9.47 Å². The van der Waals surface area contributed by atoms with Gasteiger partial charge in [-0.2, -0.15) is 0 Å². The van der Waals surface area contributed by atoms with Crippen molar-refractivity contribution in [1.29, 1.82) is 0 Å². The molecular formula is C14H24N2O2. The molecule has 18 heavy (non-hydrogen) atoms. The molecule has 0 saturated heterocycles. The van der Waals surface area contributed by atoms with E-state index in [2.05, 4.69) is 26.1 Å². The molecule has 0 aliphatic carbocycles. The number of ether oxygens (including phenoxy) is 2. The van der Waals surface area contributed by atoms with Crippen LogP contribution in [-0.4, -0.2) is 25.9 Å². The Kier molecular flexibility index (Phi) is 5.28. The average Bonchev–Trinajstić information content (AvgIpc) is 2.24. The molecule has 102 valence electrons. The largest absolute Gasteiger partial charge is 0.493 e. The van der Waals surface area contributed by atoms with Crippen LogP contribution in [0.5, 0.6) is 5.75 Å². The van der Waals surface area contributed by atoms with Crippen LogP contribution in [0.25, 0.3) is 0 Å². The smallest absolute Gasteiger partial charge is 0.123 e. The predicted molar refractivity (Wildman–Crippen MR) is 76.2 cm³/mol. The van der Waals surface area contributed by atoms with E-state index in [1.807, 2.05) is 18.2 Å². The van der Waals surface area contributed by atoms with E-state index in [4.69, 9.17) is 15.2 Å². The molecular weight excluding hydrogens is 228 g/mol. The molecule has 4 heteroatoms. The van der Waals surface area contributed by atoms with E-state index in [1.54, 1.807) is 7.11 Å². The van der Waals surface area contributed by atoms with Gasteiger partial charge in [0.2, 0.25) is 0 Å². The van der Waals surface area contributed by atoms with Crippen LogP contribution < -0.4 is 15.8 Å². The highest BCUT2D eigenvalue weighted by molar-refractivity contribution is 5.60. The van der Waals surface area contributed by atoms with Crippen LogP contribution in [0.2, 0.25) is 0 Å². The molecule has 0 atom stereocenters. The van der Waals surface area contributed by atoms with Crippen molar-refractivity contribution in [2.24, 2.45) is 0 Å². The number of rotatable bonds is 7. The average molecular weight is 252 g/mol. The van der Waals surface area contributed by atoms with Crippen LogP contribution in [0.15, 0.2) is 18.2 Å². The van der Waals surface area contributed by atoms with E-state index in [0.29, 0.717) is 18.9 Å². The Morgan fingerprint density at radius 2 is 2.00 bits per heavy atom. The van der Waals surface area contributed by atoms with Gasteiger partial charge in [-0.3, -0.25) is 0 Å². The van der Waals surface area contributed by atoms with Crippen molar-refractivity contribution in [3.8, 4) is 5.75 Å². The zero-order valence-electron chi connectivity index (χ0n) is 11.7. The lowest BCUT2D eigenvalue weighted by Crippen LogP contribution is -2.35. The third kappa shape index (κ3) is 4.84. The standard InChI is InChI=1S/C14H24N2O2/c1-5-6-18-13-8-11(15)7-12(9-13)16-14(2,3)10-17-4/h7-9,16H,5-6,10,15H2,1-4H3. The van der Waals surface area contributed by atoms with E-state index in [1.165, 1.54) is 0 Å². The number of anilines is 2. The number of nitrogens with two attached hydrogens (primary N) is 1. The third-order valence-electron chi connectivity index (χ3n) is 2.39. The van der Waals surface area contributed by atoms with Crippen molar-refractivity contribution in [1.82, 2.24) is 0 Å². The van der Waals surface area contributed by atoms with Gasteiger partial charge in [-0.1, -0.05) is 6.92 Å². The molecule has 0 saturated carbocycles. The molecule has 0 amide bonds. The number of methoxy groups -OCH3 is 1. The van der Waals surface area contributed by atoms with Gasteiger partial charge in [0.15, 0.2) is 0 Å². The molecule has 0 unspecified atom stereocenters. The molecule has 0 spiro atoms. The molecule has 0 aliphatic rings. The Balaban J connectivity index is 2.79. The zero-order valence-corrected chi connectivity index (χ0v) is 11.7. The highest BCUT2D eigenvalue weighted by Gasteiger charge is 2.17. The molecule has 0 heterocycles. The summed E-state index contributed by atoms with van der Waals surface area (Å²) < 4.78 is 10.8. The molecule has 1 aromatic rings. The second-order valence-corrected chi connectivity index (χ2v) is 5.08. The van der Waals surface area contributed by atoms with Gasteiger partial charge in [0.05, 0.1) is 18.8 Å². The summed E-state index contributed by atoms with van der Waals surface area (Å²) in [5.74, 6) is 0.799. The van der Waals surface area contributed by atoms with E-state index >= 15 is 0 Å². The summed E-state index contributed by atoms with van der Waals surface area (Å²) in [6, 6.07) is 5.70.